The third kappa shape index (κ3) is 2.03. The highest BCUT2D eigenvalue weighted by Crippen LogP contribution is 2.36. The minimum absolute atomic E-state index is 0.673. The number of benzene rings is 1. The lowest BCUT2D eigenvalue weighted by atomic mass is 9.92. The van der Waals surface area contributed by atoms with Gasteiger partial charge in [0.25, 0.3) is 0 Å². The number of pyridine rings is 1. The van der Waals surface area contributed by atoms with E-state index in [0.29, 0.717) is 6.61 Å². The van der Waals surface area contributed by atoms with E-state index in [9.17, 15) is 0 Å². The van der Waals surface area contributed by atoms with Crippen molar-refractivity contribution in [2.75, 3.05) is 19.0 Å². The zero-order valence-electron chi connectivity index (χ0n) is 11.6. The Hall–Kier alpha value is -1.77. The van der Waals surface area contributed by atoms with Crippen LogP contribution in [0.15, 0.2) is 18.2 Å². The van der Waals surface area contributed by atoms with Crippen molar-refractivity contribution in [3.8, 4) is 5.75 Å². The minimum Gasteiger partial charge on any atom is -0.492 e. The molecule has 0 aliphatic heterocycles. The summed E-state index contributed by atoms with van der Waals surface area (Å²) in [7, 11) is 2.00. The molecule has 19 heavy (non-hydrogen) atoms. The van der Waals surface area contributed by atoms with Gasteiger partial charge in [0.15, 0.2) is 0 Å². The molecule has 0 bridgehead atoms. The molecule has 1 heterocycles. The van der Waals surface area contributed by atoms with E-state index in [1.807, 2.05) is 26.1 Å². The number of para-hydroxylation sites is 1. The molecule has 0 spiro atoms. The zero-order valence-corrected chi connectivity index (χ0v) is 11.6. The molecule has 0 amide bonds. The summed E-state index contributed by atoms with van der Waals surface area (Å²) in [4.78, 5) is 4.88. The van der Waals surface area contributed by atoms with Gasteiger partial charge < -0.3 is 10.1 Å². The number of hydrogen-bond acceptors (Lipinski definition) is 3. The van der Waals surface area contributed by atoms with Crippen LogP contribution in [0.1, 0.15) is 31.0 Å². The van der Waals surface area contributed by atoms with Crippen LogP contribution in [0.25, 0.3) is 10.9 Å². The van der Waals surface area contributed by atoms with Crippen molar-refractivity contribution in [2.45, 2.75) is 32.6 Å². The second-order valence-corrected chi connectivity index (χ2v) is 4.95. The van der Waals surface area contributed by atoms with Gasteiger partial charge in [0.1, 0.15) is 11.3 Å². The number of anilines is 1. The normalized spacial score (nSPS) is 14.2. The van der Waals surface area contributed by atoms with Crippen molar-refractivity contribution < 1.29 is 4.74 Å². The molecule has 0 saturated heterocycles. The van der Waals surface area contributed by atoms with Gasteiger partial charge in [-0.05, 0) is 44.2 Å². The lowest BCUT2D eigenvalue weighted by molar-refractivity contribution is 0.343. The highest BCUT2D eigenvalue weighted by Gasteiger charge is 2.18. The Kier molecular flexibility index (Phi) is 3.28. The number of aryl methyl sites for hydroxylation is 1. The summed E-state index contributed by atoms with van der Waals surface area (Å²) in [5.74, 6) is 0.893. The second kappa shape index (κ2) is 5.08. The first kappa shape index (κ1) is 12.3. The Morgan fingerprint density at radius 3 is 2.89 bits per heavy atom. The summed E-state index contributed by atoms with van der Waals surface area (Å²) in [5, 5.41) is 4.55. The van der Waals surface area contributed by atoms with Crippen LogP contribution in [-0.4, -0.2) is 18.6 Å². The molecule has 100 valence electrons. The van der Waals surface area contributed by atoms with E-state index in [1.165, 1.54) is 35.2 Å². The molecule has 0 saturated carbocycles. The Balaban J connectivity index is 2.29. The molecule has 0 radical (unpaired) electrons. The molecular weight excluding hydrogens is 236 g/mol. The van der Waals surface area contributed by atoms with Crippen molar-refractivity contribution in [2.24, 2.45) is 0 Å². The topological polar surface area (TPSA) is 34.1 Å². The van der Waals surface area contributed by atoms with Gasteiger partial charge in [-0.25, -0.2) is 4.98 Å². The predicted octanol–water partition coefficient (Wildman–Crippen LogP) is 3.55. The first-order valence-electron chi connectivity index (χ1n) is 7.10. The molecule has 2 aromatic rings. The van der Waals surface area contributed by atoms with Gasteiger partial charge in [-0.3, -0.25) is 0 Å². The van der Waals surface area contributed by atoms with Crippen LogP contribution in [0.2, 0.25) is 0 Å². The molecule has 0 atom stereocenters. The van der Waals surface area contributed by atoms with Gasteiger partial charge >= 0.3 is 0 Å². The van der Waals surface area contributed by atoms with Crippen LogP contribution in [-0.2, 0) is 12.8 Å². The molecule has 3 rings (SSSR count). The Labute approximate surface area is 114 Å². The van der Waals surface area contributed by atoms with Crippen LogP contribution < -0.4 is 10.1 Å². The van der Waals surface area contributed by atoms with Crippen molar-refractivity contribution in [3.05, 3.63) is 29.5 Å². The number of nitrogens with zero attached hydrogens (tertiary/aromatic N) is 1. The summed E-state index contributed by atoms with van der Waals surface area (Å²) in [6.45, 7) is 2.68. The minimum atomic E-state index is 0.673. The van der Waals surface area contributed by atoms with Gasteiger partial charge in [0.2, 0.25) is 0 Å². The fourth-order valence-electron chi connectivity index (χ4n) is 2.98. The average molecular weight is 256 g/mol. The first-order valence-corrected chi connectivity index (χ1v) is 7.10. The fourth-order valence-corrected chi connectivity index (χ4v) is 2.98. The molecule has 1 aliphatic carbocycles. The van der Waals surface area contributed by atoms with Gasteiger partial charge in [-0.1, -0.05) is 12.1 Å². The Morgan fingerprint density at radius 2 is 2.11 bits per heavy atom. The lowest BCUT2D eigenvalue weighted by Gasteiger charge is -2.21. The molecule has 0 unspecified atom stereocenters. The summed E-state index contributed by atoms with van der Waals surface area (Å²) < 4.78 is 5.72. The molecule has 1 N–H and O–H groups in total. The smallest absolute Gasteiger partial charge is 0.145 e. The van der Waals surface area contributed by atoms with Gasteiger partial charge in [-0.15, -0.1) is 0 Å². The van der Waals surface area contributed by atoms with E-state index >= 15 is 0 Å². The van der Waals surface area contributed by atoms with E-state index < -0.39 is 0 Å². The fraction of sp³-hybridized carbons (Fsp3) is 0.438. The molecule has 0 fully saturated rings. The standard InChI is InChI=1S/C16H20N2O/c1-3-19-14-10-6-8-12-15(17-2)11-7-4-5-9-13(11)18-16(12)14/h6,8,10H,3-5,7,9H2,1-2H3,(H,17,18). The Bertz CT molecular complexity index is 607. The number of nitrogens with one attached hydrogen (secondary N) is 1. The third-order valence-corrected chi connectivity index (χ3v) is 3.81. The highest BCUT2D eigenvalue weighted by molar-refractivity contribution is 5.96. The molecule has 1 aromatic carbocycles. The monoisotopic (exact) mass is 256 g/mol. The van der Waals surface area contributed by atoms with E-state index in [1.54, 1.807) is 0 Å². The molecule has 3 nitrogen and oxygen atoms in total. The average Bonchev–Trinajstić information content (AvgIpc) is 2.45. The van der Waals surface area contributed by atoms with Crippen LogP contribution >= 0.6 is 0 Å². The maximum atomic E-state index is 5.72. The van der Waals surface area contributed by atoms with Crippen LogP contribution in [0.5, 0.6) is 5.75 Å². The summed E-state index contributed by atoms with van der Waals surface area (Å²) in [5.41, 5.74) is 4.88. The van der Waals surface area contributed by atoms with Crippen molar-refractivity contribution in [1.82, 2.24) is 4.98 Å². The van der Waals surface area contributed by atoms with E-state index in [4.69, 9.17) is 9.72 Å². The highest BCUT2D eigenvalue weighted by atomic mass is 16.5. The van der Waals surface area contributed by atoms with E-state index in [2.05, 4.69) is 11.4 Å². The van der Waals surface area contributed by atoms with Crippen molar-refractivity contribution in [1.29, 1.82) is 0 Å². The van der Waals surface area contributed by atoms with Crippen molar-refractivity contribution in [3.63, 3.8) is 0 Å². The predicted molar refractivity (Wildman–Crippen MR) is 79.1 cm³/mol. The number of aromatic nitrogens is 1. The van der Waals surface area contributed by atoms with Crippen molar-refractivity contribution >= 4 is 16.6 Å². The maximum Gasteiger partial charge on any atom is 0.145 e. The quantitative estimate of drug-likeness (QED) is 0.911. The third-order valence-electron chi connectivity index (χ3n) is 3.81. The van der Waals surface area contributed by atoms with Crippen LogP contribution in [0.4, 0.5) is 5.69 Å². The summed E-state index contributed by atoms with van der Waals surface area (Å²) in [6.07, 6.45) is 4.72. The number of fused-ring (bicyclic) bond motifs is 2. The molecule has 1 aromatic heterocycles. The van der Waals surface area contributed by atoms with Gasteiger partial charge in [-0.2, -0.15) is 0 Å². The summed E-state index contributed by atoms with van der Waals surface area (Å²) in [6, 6.07) is 6.18. The van der Waals surface area contributed by atoms with Crippen LogP contribution in [0.3, 0.4) is 0 Å². The summed E-state index contributed by atoms with van der Waals surface area (Å²) >= 11 is 0. The molecule has 1 aliphatic rings. The SMILES string of the molecule is CCOc1cccc2c(NC)c3c(nc12)CCCC3. The van der Waals surface area contributed by atoms with Crippen LogP contribution in [0, 0.1) is 0 Å². The molecular formula is C16H20N2O. The largest absolute Gasteiger partial charge is 0.492 e. The molecule has 3 heteroatoms. The van der Waals surface area contributed by atoms with E-state index in [0.717, 1.165) is 24.1 Å². The number of ether oxygens (including phenoxy) is 1. The van der Waals surface area contributed by atoms with Gasteiger partial charge in [0, 0.05) is 23.8 Å². The second-order valence-electron chi connectivity index (χ2n) is 4.95. The lowest BCUT2D eigenvalue weighted by Crippen LogP contribution is -2.10. The number of rotatable bonds is 3. The van der Waals surface area contributed by atoms with E-state index in [-0.39, 0.29) is 0 Å². The zero-order chi connectivity index (χ0) is 13.2. The number of hydrogen-bond donors (Lipinski definition) is 1. The van der Waals surface area contributed by atoms with Gasteiger partial charge in [0.05, 0.1) is 6.61 Å². The maximum absolute atomic E-state index is 5.72. The Morgan fingerprint density at radius 1 is 1.26 bits per heavy atom. The first-order chi connectivity index (χ1) is 9.35.